The topological polar surface area (TPSA) is 29.5 Å². The fourth-order valence-electron chi connectivity index (χ4n) is 3.18. The summed E-state index contributed by atoms with van der Waals surface area (Å²) >= 11 is 0. The van der Waals surface area contributed by atoms with Gasteiger partial charge < -0.3 is 4.74 Å². The molecule has 0 aromatic heterocycles. The number of rotatable bonds is 3. The van der Waals surface area contributed by atoms with E-state index in [-0.39, 0.29) is 11.9 Å². The van der Waals surface area contributed by atoms with E-state index in [1.54, 1.807) is 0 Å². The Morgan fingerprint density at radius 2 is 1.50 bits per heavy atom. The fraction of sp³-hybridized carbons (Fsp3) is 0.0952. The maximum Gasteiger partial charge on any atom is 0.259 e. The van der Waals surface area contributed by atoms with Gasteiger partial charge in [0.05, 0.1) is 11.7 Å². The van der Waals surface area contributed by atoms with Crippen molar-refractivity contribution in [2.45, 2.75) is 13.0 Å². The second-order valence-electron chi connectivity index (χ2n) is 5.82. The number of hydrogen-bond acceptors (Lipinski definition) is 2. The Morgan fingerprint density at radius 1 is 0.833 bits per heavy atom. The molecule has 0 fully saturated rings. The minimum Gasteiger partial charge on any atom is -0.455 e. The van der Waals surface area contributed by atoms with Crippen LogP contribution in [0.5, 0.6) is 11.5 Å². The van der Waals surface area contributed by atoms with Gasteiger partial charge in [-0.3, -0.25) is 9.69 Å². The SMILES string of the molecule is C[C@@H]1c2ccccc2C(=O)N1c1ccccc1Oc1ccccc1. The number of hydrogen-bond donors (Lipinski definition) is 0. The zero-order chi connectivity index (χ0) is 16.5. The van der Waals surface area contributed by atoms with E-state index in [0.29, 0.717) is 5.75 Å². The van der Waals surface area contributed by atoms with Crippen molar-refractivity contribution >= 4 is 11.6 Å². The lowest BCUT2D eigenvalue weighted by Crippen LogP contribution is -2.26. The van der Waals surface area contributed by atoms with Crippen LogP contribution in [0.15, 0.2) is 78.9 Å². The van der Waals surface area contributed by atoms with E-state index in [1.807, 2.05) is 90.7 Å². The molecule has 3 aromatic rings. The normalized spacial score (nSPS) is 16.1. The van der Waals surface area contributed by atoms with E-state index in [1.165, 1.54) is 0 Å². The molecule has 1 atom stereocenters. The number of carbonyl (C=O) groups excluding carboxylic acids is 1. The molecule has 1 heterocycles. The Kier molecular flexibility index (Phi) is 3.54. The van der Waals surface area contributed by atoms with Crippen molar-refractivity contribution < 1.29 is 9.53 Å². The van der Waals surface area contributed by atoms with Crippen LogP contribution in [-0.4, -0.2) is 5.91 Å². The van der Waals surface area contributed by atoms with Gasteiger partial charge in [0.25, 0.3) is 5.91 Å². The molecule has 0 bridgehead atoms. The molecule has 0 radical (unpaired) electrons. The summed E-state index contributed by atoms with van der Waals surface area (Å²) < 4.78 is 6.02. The number of carbonyl (C=O) groups is 1. The van der Waals surface area contributed by atoms with Crippen LogP contribution in [0.1, 0.15) is 28.9 Å². The lowest BCUT2D eigenvalue weighted by atomic mass is 10.1. The summed E-state index contributed by atoms with van der Waals surface area (Å²) in [6.07, 6.45) is 0. The Hall–Kier alpha value is -3.07. The molecule has 0 unspecified atom stereocenters. The average Bonchev–Trinajstić information content (AvgIpc) is 2.88. The first kappa shape index (κ1) is 14.5. The third-order valence-electron chi connectivity index (χ3n) is 4.34. The molecular formula is C21H17NO2. The zero-order valence-corrected chi connectivity index (χ0v) is 13.3. The number of anilines is 1. The summed E-state index contributed by atoms with van der Waals surface area (Å²) in [5.74, 6) is 1.45. The van der Waals surface area contributed by atoms with Crippen molar-refractivity contribution in [2.24, 2.45) is 0 Å². The highest BCUT2D eigenvalue weighted by Gasteiger charge is 2.35. The first-order chi connectivity index (χ1) is 11.8. The van der Waals surface area contributed by atoms with Crippen LogP contribution in [0.25, 0.3) is 0 Å². The average molecular weight is 315 g/mol. The third-order valence-corrected chi connectivity index (χ3v) is 4.34. The predicted octanol–water partition coefficient (Wildman–Crippen LogP) is 5.20. The summed E-state index contributed by atoms with van der Waals surface area (Å²) in [5, 5.41) is 0. The summed E-state index contributed by atoms with van der Waals surface area (Å²) in [6, 6.07) is 25.0. The molecule has 0 saturated heterocycles. The monoisotopic (exact) mass is 315 g/mol. The van der Waals surface area contributed by atoms with Crippen LogP contribution in [0.4, 0.5) is 5.69 Å². The molecule has 118 valence electrons. The number of para-hydroxylation sites is 3. The van der Waals surface area contributed by atoms with E-state index in [4.69, 9.17) is 4.74 Å². The van der Waals surface area contributed by atoms with Crippen molar-refractivity contribution in [2.75, 3.05) is 4.90 Å². The van der Waals surface area contributed by atoms with Crippen molar-refractivity contribution in [3.05, 3.63) is 90.0 Å². The lowest BCUT2D eigenvalue weighted by Gasteiger charge is -2.24. The van der Waals surface area contributed by atoms with Crippen molar-refractivity contribution in [3.8, 4) is 11.5 Å². The Balaban J connectivity index is 1.75. The van der Waals surface area contributed by atoms with E-state index >= 15 is 0 Å². The molecule has 3 heteroatoms. The minimum absolute atomic E-state index is 0.0159. The lowest BCUT2D eigenvalue weighted by molar-refractivity contribution is 0.0992. The summed E-state index contributed by atoms with van der Waals surface area (Å²) in [6.45, 7) is 2.04. The van der Waals surface area contributed by atoms with Crippen LogP contribution in [0, 0.1) is 0 Å². The maximum absolute atomic E-state index is 12.9. The molecule has 1 aliphatic rings. The molecule has 3 aromatic carbocycles. The van der Waals surface area contributed by atoms with Crippen molar-refractivity contribution in [1.29, 1.82) is 0 Å². The summed E-state index contributed by atoms with van der Waals surface area (Å²) in [4.78, 5) is 14.7. The predicted molar refractivity (Wildman–Crippen MR) is 94.6 cm³/mol. The molecule has 24 heavy (non-hydrogen) atoms. The fourth-order valence-corrected chi connectivity index (χ4v) is 3.18. The van der Waals surface area contributed by atoms with E-state index in [0.717, 1.165) is 22.6 Å². The second-order valence-corrected chi connectivity index (χ2v) is 5.82. The number of ether oxygens (including phenoxy) is 1. The standard InChI is InChI=1S/C21H17NO2/c1-15-17-11-5-6-12-18(17)21(23)22(15)19-13-7-8-14-20(19)24-16-9-3-2-4-10-16/h2-15H,1H3/t15-/m1/s1. The molecule has 4 rings (SSSR count). The zero-order valence-electron chi connectivity index (χ0n) is 13.3. The molecule has 0 saturated carbocycles. The summed E-state index contributed by atoms with van der Waals surface area (Å²) in [5.41, 5.74) is 2.60. The van der Waals surface area contributed by atoms with Gasteiger partial charge in [0.2, 0.25) is 0 Å². The molecule has 1 aliphatic heterocycles. The number of fused-ring (bicyclic) bond motifs is 1. The van der Waals surface area contributed by atoms with Gasteiger partial charge in [0, 0.05) is 5.56 Å². The molecule has 1 amide bonds. The number of amides is 1. The van der Waals surface area contributed by atoms with Gasteiger partial charge in [-0.15, -0.1) is 0 Å². The van der Waals surface area contributed by atoms with Gasteiger partial charge in [-0.05, 0) is 42.8 Å². The Bertz CT molecular complexity index is 889. The highest BCUT2D eigenvalue weighted by Crippen LogP contribution is 2.42. The largest absolute Gasteiger partial charge is 0.455 e. The van der Waals surface area contributed by atoms with E-state index in [2.05, 4.69) is 0 Å². The molecule has 0 aliphatic carbocycles. The van der Waals surface area contributed by atoms with Crippen LogP contribution >= 0.6 is 0 Å². The van der Waals surface area contributed by atoms with Crippen molar-refractivity contribution in [3.63, 3.8) is 0 Å². The molecular weight excluding hydrogens is 298 g/mol. The first-order valence-corrected chi connectivity index (χ1v) is 8.00. The Labute approximate surface area is 141 Å². The molecule has 3 nitrogen and oxygen atoms in total. The van der Waals surface area contributed by atoms with E-state index < -0.39 is 0 Å². The third kappa shape index (κ3) is 2.35. The van der Waals surface area contributed by atoms with Crippen LogP contribution < -0.4 is 9.64 Å². The van der Waals surface area contributed by atoms with Gasteiger partial charge in [-0.2, -0.15) is 0 Å². The number of nitrogens with zero attached hydrogens (tertiary/aromatic N) is 1. The van der Waals surface area contributed by atoms with Crippen LogP contribution in [0.2, 0.25) is 0 Å². The van der Waals surface area contributed by atoms with Gasteiger partial charge in [-0.25, -0.2) is 0 Å². The molecule has 0 N–H and O–H groups in total. The van der Waals surface area contributed by atoms with Crippen molar-refractivity contribution in [1.82, 2.24) is 0 Å². The van der Waals surface area contributed by atoms with Gasteiger partial charge in [0.1, 0.15) is 5.75 Å². The van der Waals surface area contributed by atoms with Crippen LogP contribution in [-0.2, 0) is 0 Å². The van der Waals surface area contributed by atoms with Crippen LogP contribution in [0.3, 0.4) is 0 Å². The van der Waals surface area contributed by atoms with E-state index in [9.17, 15) is 4.79 Å². The first-order valence-electron chi connectivity index (χ1n) is 8.00. The summed E-state index contributed by atoms with van der Waals surface area (Å²) in [7, 11) is 0. The van der Waals surface area contributed by atoms with Gasteiger partial charge in [-0.1, -0.05) is 48.5 Å². The quantitative estimate of drug-likeness (QED) is 0.665. The molecule has 0 spiro atoms. The maximum atomic E-state index is 12.9. The highest BCUT2D eigenvalue weighted by molar-refractivity contribution is 6.11. The smallest absolute Gasteiger partial charge is 0.259 e. The van der Waals surface area contributed by atoms with Gasteiger partial charge >= 0.3 is 0 Å². The Morgan fingerprint density at radius 3 is 2.29 bits per heavy atom. The van der Waals surface area contributed by atoms with Gasteiger partial charge in [0.15, 0.2) is 5.75 Å². The second kappa shape index (κ2) is 5.85. The number of benzene rings is 3. The highest BCUT2D eigenvalue weighted by atomic mass is 16.5. The minimum atomic E-state index is -0.0192.